The molecule has 5 nitrogen and oxygen atoms in total. The summed E-state index contributed by atoms with van der Waals surface area (Å²) < 4.78 is 14.1. The van der Waals surface area contributed by atoms with Crippen molar-refractivity contribution in [3.63, 3.8) is 0 Å². The molecule has 148 valence electrons. The zero-order chi connectivity index (χ0) is 20.1. The predicted molar refractivity (Wildman–Crippen MR) is 105 cm³/mol. The highest BCUT2D eigenvalue weighted by atomic mass is 19.1. The minimum absolute atomic E-state index is 0.0617. The predicted octanol–water partition coefficient (Wildman–Crippen LogP) is 3.39. The van der Waals surface area contributed by atoms with E-state index in [1.54, 1.807) is 30.4 Å². The molecule has 1 aromatic heterocycles. The molecule has 1 heterocycles. The Morgan fingerprint density at radius 3 is 2.71 bits per heavy atom. The van der Waals surface area contributed by atoms with Crippen LogP contribution in [0.25, 0.3) is 10.8 Å². The molecule has 2 amide bonds. The Morgan fingerprint density at radius 1 is 1.36 bits per heavy atom. The van der Waals surface area contributed by atoms with Crippen LogP contribution in [0.1, 0.15) is 43.5 Å². The average Bonchev–Trinajstić information content (AvgIpc) is 3.57. The molecule has 2 atom stereocenters. The molecule has 0 spiro atoms. The van der Waals surface area contributed by atoms with Gasteiger partial charge >= 0.3 is 0 Å². The molecule has 2 aliphatic rings. The lowest BCUT2D eigenvalue weighted by Crippen LogP contribution is -2.46. The van der Waals surface area contributed by atoms with Gasteiger partial charge in [0.1, 0.15) is 5.82 Å². The Hall–Kier alpha value is -2.50. The van der Waals surface area contributed by atoms with E-state index < -0.39 is 5.82 Å². The summed E-state index contributed by atoms with van der Waals surface area (Å²) >= 11 is 0. The van der Waals surface area contributed by atoms with E-state index in [4.69, 9.17) is 0 Å². The molecule has 1 aromatic carbocycles. The number of carbonyl (C=O) groups is 2. The standard InChI is InChI=1S/C22H26FN3O2/c1-22(2)10-18(22)20(27)25-12-19(13-4-5-13)26(3)21(28)16-9-15(23)8-14-6-7-24-11-17(14)16/h6-9,11,13,18-19H,4-5,10,12H2,1-3H3,(H,25,27)/t18-,19?/m1/s1. The molecule has 0 bridgehead atoms. The van der Waals surface area contributed by atoms with Gasteiger partial charge in [0.2, 0.25) is 5.91 Å². The summed E-state index contributed by atoms with van der Waals surface area (Å²) in [5.74, 6) is -0.180. The van der Waals surface area contributed by atoms with Crippen molar-refractivity contribution in [3.05, 3.63) is 42.0 Å². The fourth-order valence-electron chi connectivity index (χ4n) is 4.02. The molecule has 2 aliphatic carbocycles. The van der Waals surface area contributed by atoms with Crippen LogP contribution in [0.3, 0.4) is 0 Å². The van der Waals surface area contributed by atoms with Crippen LogP contribution < -0.4 is 5.32 Å². The quantitative estimate of drug-likeness (QED) is 0.832. The first-order valence-corrected chi connectivity index (χ1v) is 9.86. The van der Waals surface area contributed by atoms with Gasteiger partial charge in [0.05, 0.1) is 11.6 Å². The number of pyridine rings is 1. The molecule has 1 unspecified atom stereocenters. The van der Waals surface area contributed by atoms with Crippen molar-refractivity contribution in [2.75, 3.05) is 13.6 Å². The number of hydrogen-bond acceptors (Lipinski definition) is 3. The van der Waals surface area contributed by atoms with Gasteiger partial charge in [0.25, 0.3) is 5.91 Å². The van der Waals surface area contributed by atoms with Crippen LogP contribution in [0.5, 0.6) is 0 Å². The van der Waals surface area contributed by atoms with Crippen LogP contribution in [0.4, 0.5) is 4.39 Å². The molecular weight excluding hydrogens is 357 g/mol. The summed E-state index contributed by atoms with van der Waals surface area (Å²) in [5.41, 5.74) is 0.389. The van der Waals surface area contributed by atoms with Crippen LogP contribution in [-0.4, -0.2) is 41.3 Å². The third kappa shape index (κ3) is 3.60. The largest absolute Gasteiger partial charge is 0.354 e. The van der Waals surface area contributed by atoms with E-state index in [-0.39, 0.29) is 29.2 Å². The number of benzene rings is 1. The first kappa shape index (κ1) is 18.8. The van der Waals surface area contributed by atoms with Crippen molar-refractivity contribution in [2.24, 2.45) is 17.3 Å². The van der Waals surface area contributed by atoms with E-state index >= 15 is 0 Å². The van der Waals surface area contributed by atoms with Crippen LogP contribution in [0.15, 0.2) is 30.6 Å². The molecule has 2 fully saturated rings. The third-order valence-corrected chi connectivity index (χ3v) is 6.25. The van der Waals surface area contributed by atoms with Gasteiger partial charge in [-0.3, -0.25) is 14.6 Å². The lowest BCUT2D eigenvalue weighted by molar-refractivity contribution is -0.123. The molecule has 2 saturated carbocycles. The number of carbonyl (C=O) groups excluding carboxylic acids is 2. The van der Waals surface area contributed by atoms with Gasteiger partial charge in [-0.25, -0.2) is 4.39 Å². The second kappa shape index (κ2) is 6.83. The van der Waals surface area contributed by atoms with E-state index in [1.165, 1.54) is 12.1 Å². The Bertz CT molecular complexity index is 939. The van der Waals surface area contributed by atoms with Crippen molar-refractivity contribution in [2.45, 2.75) is 39.2 Å². The average molecular weight is 383 g/mol. The summed E-state index contributed by atoms with van der Waals surface area (Å²) in [5, 5.41) is 4.33. The maximum Gasteiger partial charge on any atom is 0.254 e. The molecule has 2 aromatic rings. The van der Waals surface area contributed by atoms with Gasteiger partial charge in [-0.15, -0.1) is 0 Å². The molecule has 6 heteroatoms. The summed E-state index contributed by atoms with van der Waals surface area (Å²) in [7, 11) is 1.74. The van der Waals surface area contributed by atoms with E-state index in [9.17, 15) is 14.0 Å². The van der Waals surface area contributed by atoms with Crippen molar-refractivity contribution in [1.82, 2.24) is 15.2 Å². The number of likely N-dealkylation sites (N-methyl/N-ethyl adjacent to an activating group) is 1. The van der Waals surface area contributed by atoms with Crippen LogP contribution in [0, 0.1) is 23.1 Å². The number of amides is 2. The Balaban J connectivity index is 1.52. The highest BCUT2D eigenvalue weighted by Gasteiger charge is 2.50. The highest BCUT2D eigenvalue weighted by molar-refractivity contribution is 6.06. The fourth-order valence-corrected chi connectivity index (χ4v) is 4.02. The second-order valence-corrected chi connectivity index (χ2v) is 8.86. The van der Waals surface area contributed by atoms with Crippen molar-refractivity contribution >= 4 is 22.6 Å². The maximum atomic E-state index is 14.1. The number of rotatable bonds is 6. The van der Waals surface area contributed by atoms with Crippen LogP contribution >= 0.6 is 0 Å². The van der Waals surface area contributed by atoms with E-state index in [2.05, 4.69) is 24.1 Å². The lowest BCUT2D eigenvalue weighted by Gasteiger charge is -2.29. The molecule has 0 saturated heterocycles. The first-order valence-electron chi connectivity index (χ1n) is 9.86. The zero-order valence-electron chi connectivity index (χ0n) is 16.5. The minimum atomic E-state index is -0.442. The fraction of sp³-hybridized carbons (Fsp3) is 0.500. The summed E-state index contributed by atoms with van der Waals surface area (Å²) in [4.78, 5) is 31.3. The normalized spacial score (nSPS) is 21.2. The van der Waals surface area contributed by atoms with Crippen LogP contribution in [0.2, 0.25) is 0 Å². The Kier molecular flexibility index (Phi) is 4.60. The molecule has 4 rings (SSSR count). The van der Waals surface area contributed by atoms with Crippen LogP contribution in [-0.2, 0) is 4.79 Å². The first-order chi connectivity index (χ1) is 13.3. The number of nitrogens with one attached hydrogen (secondary N) is 1. The summed E-state index contributed by atoms with van der Waals surface area (Å²) in [6.07, 6.45) is 6.17. The van der Waals surface area contributed by atoms with E-state index in [0.717, 1.165) is 19.3 Å². The van der Waals surface area contributed by atoms with Crippen molar-refractivity contribution < 1.29 is 14.0 Å². The number of aromatic nitrogens is 1. The van der Waals surface area contributed by atoms with Gasteiger partial charge in [0, 0.05) is 37.3 Å². The molecule has 0 aliphatic heterocycles. The van der Waals surface area contributed by atoms with Gasteiger partial charge < -0.3 is 10.2 Å². The smallest absolute Gasteiger partial charge is 0.254 e. The van der Waals surface area contributed by atoms with E-state index in [0.29, 0.717) is 28.8 Å². The van der Waals surface area contributed by atoms with E-state index in [1.807, 2.05) is 0 Å². The highest BCUT2D eigenvalue weighted by Crippen LogP contribution is 2.51. The summed E-state index contributed by atoms with van der Waals surface area (Å²) in [6, 6.07) is 4.29. The molecule has 28 heavy (non-hydrogen) atoms. The van der Waals surface area contributed by atoms with Gasteiger partial charge in [-0.05, 0) is 54.2 Å². The number of hydrogen-bond donors (Lipinski definition) is 1. The molecule has 0 radical (unpaired) electrons. The second-order valence-electron chi connectivity index (χ2n) is 8.86. The summed E-state index contributed by atoms with van der Waals surface area (Å²) in [6.45, 7) is 4.62. The van der Waals surface area contributed by atoms with Gasteiger partial charge in [0.15, 0.2) is 0 Å². The number of fused-ring (bicyclic) bond motifs is 1. The zero-order valence-corrected chi connectivity index (χ0v) is 16.5. The molecule has 1 N–H and O–H groups in total. The van der Waals surface area contributed by atoms with Gasteiger partial charge in [-0.1, -0.05) is 13.8 Å². The minimum Gasteiger partial charge on any atom is -0.354 e. The Morgan fingerprint density at radius 2 is 2.07 bits per heavy atom. The third-order valence-electron chi connectivity index (χ3n) is 6.25. The lowest BCUT2D eigenvalue weighted by atomic mass is 10.0. The Labute approximate surface area is 164 Å². The van der Waals surface area contributed by atoms with Crippen molar-refractivity contribution in [3.8, 4) is 0 Å². The SMILES string of the molecule is CN(C(=O)c1cc(F)cc2ccncc12)C(CNC(=O)[C@H]1CC1(C)C)C1CC1. The topological polar surface area (TPSA) is 62.3 Å². The molecular formula is C22H26FN3O2. The maximum absolute atomic E-state index is 14.1. The number of halogens is 1. The van der Waals surface area contributed by atoms with Crippen molar-refractivity contribution in [1.29, 1.82) is 0 Å². The monoisotopic (exact) mass is 383 g/mol. The van der Waals surface area contributed by atoms with Gasteiger partial charge in [-0.2, -0.15) is 0 Å². The number of nitrogens with zero attached hydrogens (tertiary/aromatic N) is 2.